The molecule has 2 rings (SSSR count). The van der Waals surface area contributed by atoms with E-state index in [1.807, 2.05) is 56.3 Å². The van der Waals surface area contributed by atoms with Crippen LogP contribution < -0.4 is 10.6 Å². The van der Waals surface area contributed by atoms with Crippen LogP contribution >= 0.6 is 0 Å². The molecule has 0 unspecified atom stereocenters. The Morgan fingerprint density at radius 1 is 0.870 bits per heavy atom. The van der Waals surface area contributed by atoms with E-state index in [1.165, 1.54) is 0 Å². The van der Waals surface area contributed by atoms with E-state index in [4.69, 9.17) is 0 Å². The van der Waals surface area contributed by atoms with Crippen LogP contribution in [0.15, 0.2) is 54.6 Å². The van der Waals surface area contributed by atoms with Gasteiger partial charge in [0.05, 0.1) is 13.0 Å². The lowest BCUT2D eigenvalue weighted by atomic mass is 10.0. The summed E-state index contributed by atoms with van der Waals surface area (Å²) in [6, 6.07) is 18.0. The zero-order valence-corrected chi connectivity index (χ0v) is 13.5. The largest absolute Gasteiger partial charge is 0.352 e. The summed E-state index contributed by atoms with van der Waals surface area (Å²) in [5, 5.41) is 5.37. The fourth-order valence-electron chi connectivity index (χ4n) is 2.25. The highest BCUT2D eigenvalue weighted by Crippen LogP contribution is 2.19. The summed E-state index contributed by atoms with van der Waals surface area (Å²) in [5.74, 6) is -0.329. The third kappa shape index (κ3) is 5.58. The average Bonchev–Trinajstić information content (AvgIpc) is 2.54. The van der Waals surface area contributed by atoms with Crippen molar-refractivity contribution >= 4 is 11.8 Å². The maximum Gasteiger partial charge on any atom is 0.239 e. The van der Waals surface area contributed by atoms with E-state index >= 15 is 0 Å². The number of hydrogen-bond donors (Lipinski definition) is 2. The predicted octanol–water partition coefficient (Wildman–Crippen LogP) is 2.54. The first-order valence-corrected chi connectivity index (χ1v) is 7.75. The van der Waals surface area contributed by atoms with Crippen molar-refractivity contribution in [1.29, 1.82) is 0 Å². The van der Waals surface area contributed by atoms with Crippen molar-refractivity contribution in [3.05, 3.63) is 60.2 Å². The molecule has 0 radical (unpaired) electrons. The van der Waals surface area contributed by atoms with E-state index in [0.29, 0.717) is 0 Å². The fourth-order valence-corrected chi connectivity index (χ4v) is 2.25. The van der Waals surface area contributed by atoms with Crippen molar-refractivity contribution < 1.29 is 9.59 Å². The standard InChI is InChI=1S/C19H22N2O2/c1-14(2)21-19(23)13-20-18(22)12-15-8-10-17(11-9-15)16-6-4-3-5-7-16/h3-11,14H,12-13H2,1-2H3,(H,20,22)(H,21,23). The van der Waals surface area contributed by atoms with Crippen LogP contribution in [0, 0.1) is 0 Å². The number of rotatable bonds is 6. The van der Waals surface area contributed by atoms with Crippen LogP contribution in [0.1, 0.15) is 19.4 Å². The van der Waals surface area contributed by atoms with Gasteiger partial charge in [-0.2, -0.15) is 0 Å². The number of hydrogen-bond acceptors (Lipinski definition) is 2. The number of carbonyl (C=O) groups excluding carboxylic acids is 2. The molecule has 2 aromatic rings. The quantitative estimate of drug-likeness (QED) is 0.861. The van der Waals surface area contributed by atoms with Gasteiger partial charge in [-0.3, -0.25) is 9.59 Å². The number of carbonyl (C=O) groups is 2. The van der Waals surface area contributed by atoms with Gasteiger partial charge in [0.25, 0.3) is 0 Å². The van der Waals surface area contributed by atoms with Crippen LogP contribution in [-0.2, 0) is 16.0 Å². The molecule has 0 heterocycles. The second-order valence-corrected chi connectivity index (χ2v) is 5.74. The molecule has 4 heteroatoms. The fraction of sp³-hybridized carbons (Fsp3) is 0.263. The van der Waals surface area contributed by atoms with Crippen molar-refractivity contribution in [2.24, 2.45) is 0 Å². The van der Waals surface area contributed by atoms with Gasteiger partial charge in [0.15, 0.2) is 0 Å². The summed E-state index contributed by atoms with van der Waals surface area (Å²) in [7, 11) is 0. The first kappa shape index (κ1) is 16.7. The average molecular weight is 310 g/mol. The molecule has 4 nitrogen and oxygen atoms in total. The molecular formula is C19H22N2O2. The maximum atomic E-state index is 11.9. The van der Waals surface area contributed by atoms with Crippen molar-refractivity contribution in [2.75, 3.05) is 6.54 Å². The van der Waals surface area contributed by atoms with Gasteiger partial charge in [0, 0.05) is 6.04 Å². The molecule has 0 aromatic heterocycles. The highest BCUT2D eigenvalue weighted by molar-refractivity contribution is 5.85. The number of nitrogens with one attached hydrogen (secondary N) is 2. The molecule has 120 valence electrons. The predicted molar refractivity (Wildman–Crippen MR) is 91.9 cm³/mol. The van der Waals surface area contributed by atoms with Crippen LogP contribution in [0.3, 0.4) is 0 Å². The molecule has 0 spiro atoms. The van der Waals surface area contributed by atoms with Crippen LogP contribution in [0.2, 0.25) is 0 Å². The third-order valence-electron chi connectivity index (χ3n) is 3.32. The van der Waals surface area contributed by atoms with Crippen molar-refractivity contribution in [3.63, 3.8) is 0 Å². The minimum atomic E-state index is -0.173. The first-order valence-electron chi connectivity index (χ1n) is 7.75. The Hall–Kier alpha value is -2.62. The second kappa shape index (κ2) is 8.13. The molecule has 0 saturated carbocycles. The van der Waals surface area contributed by atoms with Crippen molar-refractivity contribution in [2.45, 2.75) is 26.3 Å². The smallest absolute Gasteiger partial charge is 0.239 e. The van der Waals surface area contributed by atoms with Crippen molar-refractivity contribution in [3.8, 4) is 11.1 Å². The van der Waals surface area contributed by atoms with Crippen molar-refractivity contribution in [1.82, 2.24) is 10.6 Å². The Bertz CT molecular complexity index is 649. The van der Waals surface area contributed by atoms with E-state index in [0.717, 1.165) is 16.7 Å². The van der Waals surface area contributed by atoms with Gasteiger partial charge in [0.2, 0.25) is 11.8 Å². The summed E-state index contributed by atoms with van der Waals surface area (Å²) in [6.07, 6.45) is 0.268. The summed E-state index contributed by atoms with van der Waals surface area (Å²) < 4.78 is 0. The Morgan fingerprint density at radius 2 is 1.48 bits per heavy atom. The second-order valence-electron chi connectivity index (χ2n) is 5.74. The number of amides is 2. The Labute approximate surface area is 136 Å². The molecule has 0 fully saturated rings. The van der Waals surface area contributed by atoms with Crippen LogP contribution in [0.5, 0.6) is 0 Å². The van der Waals surface area contributed by atoms with Crippen LogP contribution in [0.4, 0.5) is 0 Å². The lowest BCUT2D eigenvalue weighted by molar-refractivity contribution is -0.126. The van der Waals surface area contributed by atoms with Gasteiger partial charge in [-0.25, -0.2) is 0 Å². The number of benzene rings is 2. The summed E-state index contributed by atoms with van der Waals surface area (Å²) >= 11 is 0. The summed E-state index contributed by atoms with van der Waals surface area (Å²) in [6.45, 7) is 3.78. The van der Waals surface area contributed by atoms with Crippen LogP contribution in [0.25, 0.3) is 11.1 Å². The molecule has 0 saturated heterocycles. The molecular weight excluding hydrogens is 288 g/mol. The SMILES string of the molecule is CC(C)NC(=O)CNC(=O)Cc1ccc(-c2ccccc2)cc1. The van der Waals surface area contributed by atoms with Gasteiger partial charge in [-0.1, -0.05) is 54.6 Å². The van der Waals surface area contributed by atoms with E-state index in [1.54, 1.807) is 0 Å². The monoisotopic (exact) mass is 310 g/mol. The molecule has 0 atom stereocenters. The zero-order chi connectivity index (χ0) is 16.7. The van der Waals surface area contributed by atoms with E-state index in [9.17, 15) is 9.59 Å². The van der Waals surface area contributed by atoms with E-state index in [2.05, 4.69) is 22.8 Å². The third-order valence-corrected chi connectivity index (χ3v) is 3.32. The zero-order valence-electron chi connectivity index (χ0n) is 13.5. The molecule has 0 aliphatic carbocycles. The van der Waals surface area contributed by atoms with Gasteiger partial charge in [-0.15, -0.1) is 0 Å². The molecule has 2 aromatic carbocycles. The molecule has 0 aliphatic heterocycles. The highest BCUT2D eigenvalue weighted by Gasteiger charge is 2.07. The molecule has 2 N–H and O–H groups in total. The lowest BCUT2D eigenvalue weighted by Gasteiger charge is -2.09. The molecule has 2 amide bonds. The Balaban J connectivity index is 1.86. The minimum Gasteiger partial charge on any atom is -0.352 e. The molecule has 0 bridgehead atoms. The van der Waals surface area contributed by atoms with Gasteiger partial charge < -0.3 is 10.6 Å². The Kier molecular flexibility index (Phi) is 5.92. The lowest BCUT2D eigenvalue weighted by Crippen LogP contribution is -2.40. The normalized spacial score (nSPS) is 10.4. The molecule has 23 heavy (non-hydrogen) atoms. The van der Waals surface area contributed by atoms with E-state index in [-0.39, 0.29) is 30.8 Å². The summed E-state index contributed by atoms with van der Waals surface area (Å²) in [5.41, 5.74) is 3.19. The molecule has 0 aliphatic rings. The Morgan fingerprint density at radius 3 is 2.09 bits per heavy atom. The van der Waals surface area contributed by atoms with E-state index < -0.39 is 0 Å². The first-order chi connectivity index (χ1) is 11.0. The van der Waals surface area contributed by atoms with Gasteiger partial charge >= 0.3 is 0 Å². The van der Waals surface area contributed by atoms with Crippen LogP contribution in [-0.4, -0.2) is 24.4 Å². The minimum absolute atomic E-state index is 0.0130. The summed E-state index contributed by atoms with van der Waals surface area (Å²) in [4.78, 5) is 23.4. The van der Waals surface area contributed by atoms with Gasteiger partial charge in [0.1, 0.15) is 0 Å². The topological polar surface area (TPSA) is 58.2 Å². The van der Waals surface area contributed by atoms with Gasteiger partial charge in [-0.05, 0) is 30.5 Å². The highest BCUT2D eigenvalue weighted by atomic mass is 16.2. The maximum absolute atomic E-state index is 11.9.